The number of hydrogen-bond acceptors (Lipinski definition) is 12. The Morgan fingerprint density at radius 3 is 2.66 bits per heavy atom. The van der Waals surface area contributed by atoms with Gasteiger partial charge in [-0.1, -0.05) is 19.4 Å². The summed E-state index contributed by atoms with van der Waals surface area (Å²) in [6.45, 7) is 6.58. The van der Waals surface area contributed by atoms with Crippen LogP contribution in [0.1, 0.15) is 64.4 Å². The zero-order valence-corrected chi connectivity index (χ0v) is 32.9. The van der Waals surface area contributed by atoms with Crippen molar-refractivity contribution in [2.45, 2.75) is 87.2 Å². The maximum Gasteiger partial charge on any atom is 0.319 e. The van der Waals surface area contributed by atoms with Crippen LogP contribution in [0.25, 0.3) is 32.9 Å². The fraction of sp³-hybridized carbons (Fsp3) is 0.585. The molecule has 300 valence electrons. The molecule has 2 aromatic carbocycles. The highest BCUT2D eigenvalue weighted by Gasteiger charge is 2.68. The maximum atomic E-state index is 17.2. The Morgan fingerprint density at radius 1 is 1.09 bits per heavy atom. The van der Waals surface area contributed by atoms with E-state index in [1.807, 2.05) is 11.8 Å². The van der Waals surface area contributed by atoms with Crippen LogP contribution in [0.15, 0.2) is 30.5 Å². The molecule has 6 aliphatic rings. The molecule has 0 spiro atoms. The number of pyridine rings is 1. The smallest absolute Gasteiger partial charge is 0.319 e. The number of rotatable bonds is 9. The Morgan fingerprint density at radius 2 is 1.89 bits per heavy atom. The molecule has 3 atom stereocenters. The molecular weight excluding hydrogens is 745 g/mol. The number of nitrogens with zero attached hydrogens (tertiary/aromatic N) is 5. The molecular formula is C41H49F2N5O7S. The zero-order valence-electron chi connectivity index (χ0n) is 32.1. The van der Waals surface area contributed by atoms with Crippen molar-refractivity contribution in [2.24, 2.45) is 5.41 Å². The number of halogens is 2. The van der Waals surface area contributed by atoms with Crippen molar-refractivity contribution < 1.29 is 41.6 Å². The standard InChI is InChI=1S/C41H49F2N5O7S/c1-4-27-30(42)9-8-25-15-26(49)16-28(32(25)27)34-33(43)35-29(17-44-34)36(48-13-14-53-22-38(2,50)20-48)46-37(45-35)54-23-39-10-5-7-31(39)47(12-6-11-39)21-40-18-41(19-40,24-55-40)56(3,51)52/h8-9,15-17,31,49-50H,4-7,10-14,18-24H2,1-3H3/t31-,38+,39-,40?,41?/m1/s1. The van der Waals surface area contributed by atoms with Crippen molar-refractivity contribution in [3.63, 3.8) is 0 Å². The van der Waals surface area contributed by atoms with Crippen LogP contribution in [0.4, 0.5) is 14.6 Å². The van der Waals surface area contributed by atoms with Crippen molar-refractivity contribution >= 4 is 37.3 Å². The number of aryl methyl sites for hydroxylation is 1. The molecule has 2 saturated carbocycles. The fourth-order valence-electron chi connectivity index (χ4n) is 10.6. The van der Waals surface area contributed by atoms with Crippen molar-refractivity contribution in [1.82, 2.24) is 19.9 Å². The van der Waals surface area contributed by atoms with Crippen LogP contribution in [0, 0.1) is 17.0 Å². The molecule has 6 fully saturated rings. The lowest BCUT2D eigenvalue weighted by molar-refractivity contribution is -0.0711. The minimum absolute atomic E-state index is 0.0128. The molecule has 2 aliphatic carbocycles. The summed E-state index contributed by atoms with van der Waals surface area (Å²) in [6.07, 6.45) is 9.02. The van der Waals surface area contributed by atoms with Gasteiger partial charge in [-0.15, -0.1) is 0 Å². The SMILES string of the molecule is CCc1c(F)ccc2cc(O)cc(-c3ncc4c(N5CCOC[C@@](C)(O)C5)nc(OC[C@]56CCC[C@H]5N(CC57CC(S(C)(=O)=O)(CO5)C7)CCC6)nc4c3F)c12. The molecule has 12 nitrogen and oxygen atoms in total. The third kappa shape index (κ3) is 6.19. The van der Waals surface area contributed by atoms with Gasteiger partial charge in [-0.2, -0.15) is 9.97 Å². The van der Waals surface area contributed by atoms with Crippen LogP contribution < -0.4 is 9.64 Å². The van der Waals surface area contributed by atoms with Crippen molar-refractivity contribution in [1.29, 1.82) is 0 Å². The molecule has 0 radical (unpaired) electrons. The fourth-order valence-corrected chi connectivity index (χ4v) is 12.0. The van der Waals surface area contributed by atoms with E-state index >= 15 is 8.78 Å². The van der Waals surface area contributed by atoms with Crippen LogP contribution in [0.5, 0.6) is 11.8 Å². The molecule has 2 N–H and O–H groups in total. The number of benzene rings is 2. The lowest BCUT2D eigenvalue weighted by atomic mass is 9.71. The Labute approximate surface area is 325 Å². The molecule has 15 heteroatoms. The largest absolute Gasteiger partial charge is 0.508 e. The third-order valence-electron chi connectivity index (χ3n) is 13.3. The topological polar surface area (TPSA) is 147 Å². The predicted molar refractivity (Wildman–Crippen MR) is 207 cm³/mol. The number of phenolic OH excluding ortho intramolecular Hbond substituents is 1. The summed E-state index contributed by atoms with van der Waals surface area (Å²) in [5.41, 5.74) is -1.39. The molecule has 4 saturated heterocycles. The van der Waals surface area contributed by atoms with E-state index in [0.29, 0.717) is 73.1 Å². The van der Waals surface area contributed by atoms with Gasteiger partial charge in [-0.3, -0.25) is 9.88 Å². The van der Waals surface area contributed by atoms with Crippen molar-refractivity contribution in [3.8, 4) is 23.0 Å². The van der Waals surface area contributed by atoms with Gasteiger partial charge in [0, 0.05) is 42.6 Å². The van der Waals surface area contributed by atoms with E-state index in [1.54, 1.807) is 13.0 Å². The van der Waals surface area contributed by atoms with Gasteiger partial charge in [0.2, 0.25) is 0 Å². The van der Waals surface area contributed by atoms with E-state index < -0.39 is 37.4 Å². The molecule has 6 heterocycles. The number of likely N-dealkylation sites (tertiary alicyclic amines) is 1. The van der Waals surface area contributed by atoms with Gasteiger partial charge >= 0.3 is 6.01 Å². The highest BCUT2D eigenvalue weighted by Crippen LogP contribution is 2.57. The first-order valence-corrected chi connectivity index (χ1v) is 21.6. The molecule has 4 aliphatic heterocycles. The second-order valence-corrected chi connectivity index (χ2v) is 19.8. The normalized spacial score (nSPS) is 30.8. The summed E-state index contributed by atoms with van der Waals surface area (Å²) >= 11 is 0. The Hall–Kier alpha value is -3.76. The number of anilines is 1. The lowest BCUT2D eigenvalue weighted by Gasteiger charge is -2.51. The number of hydrogen-bond donors (Lipinski definition) is 2. The van der Waals surface area contributed by atoms with Crippen LogP contribution >= 0.6 is 0 Å². The van der Waals surface area contributed by atoms with Gasteiger partial charge in [0.1, 0.15) is 38.9 Å². The van der Waals surface area contributed by atoms with Gasteiger partial charge in [-0.25, -0.2) is 17.2 Å². The van der Waals surface area contributed by atoms with E-state index in [2.05, 4.69) is 14.9 Å². The molecule has 0 amide bonds. The first-order chi connectivity index (χ1) is 26.6. The number of ether oxygens (including phenoxy) is 3. The van der Waals surface area contributed by atoms with Crippen molar-refractivity contribution in [3.05, 3.63) is 47.7 Å². The van der Waals surface area contributed by atoms with Crippen LogP contribution in [0.3, 0.4) is 0 Å². The van der Waals surface area contributed by atoms with Crippen molar-refractivity contribution in [2.75, 3.05) is 63.8 Å². The average molecular weight is 794 g/mol. The first-order valence-electron chi connectivity index (χ1n) is 19.7. The monoisotopic (exact) mass is 793 g/mol. The minimum atomic E-state index is -3.22. The van der Waals surface area contributed by atoms with E-state index in [9.17, 15) is 18.6 Å². The van der Waals surface area contributed by atoms with E-state index in [0.717, 1.165) is 38.6 Å². The maximum absolute atomic E-state index is 17.2. The number of fused-ring (bicyclic) bond motifs is 4. The minimum Gasteiger partial charge on any atom is -0.508 e. The van der Waals surface area contributed by atoms with E-state index in [-0.39, 0.29) is 59.7 Å². The Bertz CT molecular complexity index is 2340. The summed E-state index contributed by atoms with van der Waals surface area (Å²) in [5, 5.41) is 23.1. The second kappa shape index (κ2) is 13.4. The quantitative estimate of drug-likeness (QED) is 0.226. The zero-order chi connectivity index (χ0) is 39.3. The van der Waals surface area contributed by atoms with Crippen LogP contribution in [-0.2, 0) is 25.7 Å². The van der Waals surface area contributed by atoms with Gasteiger partial charge < -0.3 is 29.3 Å². The summed E-state index contributed by atoms with van der Waals surface area (Å²) < 4.78 is 75.1. The lowest BCUT2D eigenvalue weighted by Crippen LogP contribution is -2.61. The summed E-state index contributed by atoms with van der Waals surface area (Å²) in [6, 6.07) is 6.00. The number of aromatic nitrogens is 3. The summed E-state index contributed by atoms with van der Waals surface area (Å²) in [4.78, 5) is 18.4. The highest BCUT2D eigenvalue weighted by molar-refractivity contribution is 7.92. The van der Waals surface area contributed by atoms with Gasteiger partial charge in [-0.05, 0) is 92.9 Å². The summed E-state index contributed by atoms with van der Waals surface area (Å²) in [5.74, 6) is -0.967. The second-order valence-electron chi connectivity index (χ2n) is 17.4. The Balaban J connectivity index is 1.08. The van der Waals surface area contributed by atoms with Gasteiger partial charge in [0.05, 0.1) is 44.0 Å². The molecule has 4 aromatic rings. The molecule has 2 aromatic heterocycles. The number of sulfone groups is 1. The predicted octanol–water partition coefficient (Wildman–Crippen LogP) is 5.34. The molecule has 56 heavy (non-hydrogen) atoms. The van der Waals surface area contributed by atoms with E-state index in [4.69, 9.17) is 19.2 Å². The van der Waals surface area contributed by atoms with Gasteiger partial charge in [0.25, 0.3) is 0 Å². The number of phenols is 1. The number of piperidine rings is 1. The number of β-amino-alcohol motifs (C(OH)–C–C–N with tert-alkyl or cyclic N) is 1. The van der Waals surface area contributed by atoms with Crippen LogP contribution in [0.2, 0.25) is 0 Å². The molecule has 2 bridgehead atoms. The Kier molecular flexibility index (Phi) is 9.04. The summed E-state index contributed by atoms with van der Waals surface area (Å²) in [7, 11) is -3.22. The molecule has 0 unspecified atom stereocenters. The van der Waals surface area contributed by atoms with Crippen LogP contribution in [-0.4, -0.2) is 119 Å². The van der Waals surface area contributed by atoms with E-state index in [1.165, 1.54) is 30.7 Å². The van der Waals surface area contributed by atoms with Gasteiger partial charge in [0.15, 0.2) is 15.7 Å². The number of aromatic hydroxyl groups is 1. The first kappa shape index (κ1) is 37.8. The third-order valence-corrected chi connectivity index (χ3v) is 15.3. The highest BCUT2D eigenvalue weighted by atomic mass is 32.2. The number of aliphatic hydroxyl groups is 1. The average Bonchev–Trinajstić information content (AvgIpc) is 3.82. The molecule has 10 rings (SSSR count).